The second kappa shape index (κ2) is 6.05. The molecule has 0 aliphatic rings. The van der Waals surface area contributed by atoms with E-state index in [9.17, 15) is 18.9 Å². The molecule has 0 unspecified atom stereocenters. The number of hydrogen-bond donors (Lipinski definition) is 1. The molecule has 6 heteroatoms. The van der Waals surface area contributed by atoms with Crippen molar-refractivity contribution >= 4 is 11.8 Å². The number of nitrogens with one attached hydrogen (secondary N) is 1. The third-order valence-corrected chi connectivity index (χ3v) is 2.12. The Bertz CT molecular complexity index is 447. The molecule has 1 aromatic rings. The molecule has 0 bridgehead atoms. The summed E-state index contributed by atoms with van der Waals surface area (Å²) < 4.78 is 25.8. The van der Waals surface area contributed by atoms with Crippen molar-refractivity contribution in [3.63, 3.8) is 0 Å². The molecular formula is C11H12F2N2O2. The average Bonchev–Trinajstić information content (AvgIpc) is 2.28. The van der Waals surface area contributed by atoms with Gasteiger partial charge in [0.05, 0.1) is 16.6 Å². The Morgan fingerprint density at radius 1 is 1.41 bits per heavy atom. The predicted octanol–water partition coefficient (Wildman–Crippen LogP) is 2.50. The largest absolute Gasteiger partial charge is 0.319 e. The van der Waals surface area contributed by atoms with Crippen molar-refractivity contribution in [3.8, 4) is 0 Å². The van der Waals surface area contributed by atoms with Crippen LogP contribution in [-0.4, -0.2) is 18.5 Å². The summed E-state index contributed by atoms with van der Waals surface area (Å²) in [6, 6.07) is 1.41. The second-order valence-electron chi connectivity index (χ2n) is 3.38. The van der Waals surface area contributed by atoms with Crippen LogP contribution < -0.4 is 5.32 Å². The molecule has 0 amide bonds. The van der Waals surface area contributed by atoms with Crippen molar-refractivity contribution in [2.75, 3.05) is 13.6 Å². The Morgan fingerprint density at radius 2 is 2.06 bits per heavy atom. The zero-order valence-corrected chi connectivity index (χ0v) is 9.24. The lowest BCUT2D eigenvalue weighted by Crippen LogP contribution is -2.05. The molecule has 92 valence electrons. The third kappa shape index (κ3) is 3.60. The van der Waals surface area contributed by atoms with E-state index >= 15 is 0 Å². The summed E-state index contributed by atoms with van der Waals surface area (Å²) in [6.07, 6.45) is 3.72. The first-order chi connectivity index (χ1) is 8.06. The van der Waals surface area contributed by atoms with Crippen LogP contribution in [-0.2, 0) is 0 Å². The lowest BCUT2D eigenvalue weighted by atomic mass is 10.1. The maximum absolute atomic E-state index is 13.0. The van der Waals surface area contributed by atoms with E-state index in [1.165, 1.54) is 6.08 Å². The topological polar surface area (TPSA) is 55.2 Å². The molecule has 1 rings (SSSR count). The molecule has 0 radical (unpaired) electrons. The van der Waals surface area contributed by atoms with Gasteiger partial charge < -0.3 is 5.32 Å². The van der Waals surface area contributed by atoms with E-state index in [1.807, 2.05) is 0 Å². The molecule has 0 aliphatic carbocycles. The molecule has 0 fully saturated rings. The van der Waals surface area contributed by atoms with Crippen LogP contribution in [0.5, 0.6) is 0 Å². The van der Waals surface area contributed by atoms with Crippen molar-refractivity contribution in [3.05, 3.63) is 45.5 Å². The molecule has 0 aliphatic heterocycles. The van der Waals surface area contributed by atoms with E-state index in [-0.39, 0.29) is 5.56 Å². The van der Waals surface area contributed by atoms with Gasteiger partial charge in [-0.3, -0.25) is 10.1 Å². The summed E-state index contributed by atoms with van der Waals surface area (Å²) in [6.45, 7) is 0.702. The molecule has 0 saturated heterocycles. The van der Waals surface area contributed by atoms with Crippen LogP contribution in [0.4, 0.5) is 14.5 Å². The Morgan fingerprint density at radius 3 is 2.65 bits per heavy atom. The van der Waals surface area contributed by atoms with E-state index in [2.05, 4.69) is 5.32 Å². The summed E-state index contributed by atoms with van der Waals surface area (Å²) in [4.78, 5) is 9.91. The van der Waals surface area contributed by atoms with Crippen molar-refractivity contribution in [1.29, 1.82) is 0 Å². The first-order valence-corrected chi connectivity index (χ1v) is 5.01. The van der Waals surface area contributed by atoms with Crippen molar-refractivity contribution < 1.29 is 13.7 Å². The highest BCUT2D eigenvalue weighted by Crippen LogP contribution is 2.23. The third-order valence-electron chi connectivity index (χ3n) is 2.12. The Labute approximate surface area is 97.1 Å². The van der Waals surface area contributed by atoms with Crippen LogP contribution in [0, 0.1) is 21.7 Å². The smallest absolute Gasteiger partial charge is 0.279 e. The molecule has 4 nitrogen and oxygen atoms in total. The Hall–Kier alpha value is -1.82. The molecule has 0 saturated carbocycles. The SMILES string of the molecule is CNCCC=Cc1cc(F)c(F)cc1[N+](=O)[O-]. The number of halogens is 2. The van der Waals surface area contributed by atoms with E-state index in [0.29, 0.717) is 19.0 Å². The minimum absolute atomic E-state index is 0.0602. The van der Waals surface area contributed by atoms with E-state index in [0.717, 1.165) is 6.07 Å². The van der Waals surface area contributed by atoms with Gasteiger partial charge in [0.2, 0.25) is 0 Å². The van der Waals surface area contributed by atoms with E-state index in [4.69, 9.17) is 0 Å². The lowest BCUT2D eigenvalue weighted by Gasteiger charge is -1.99. The van der Waals surface area contributed by atoms with Gasteiger partial charge in [0.15, 0.2) is 11.6 Å². The summed E-state index contributed by atoms with van der Waals surface area (Å²) >= 11 is 0. The number of nitro benzene ring substituents is 1. The lowest BCUT2D eigenvalue weighted by molar-refractivity contribution is -0.385. The molecule has 0 atom stereocenters. The van der Waals surface area contributed by atoms with Crippen molar-refractivity contribution in [1.82, 2.24) is 5.32 Å². The number of nitrogens with zero attached hydrogens (tertiary/aromatic N) is 1. The van der Waals surface area contributed by atoms with E-state index < -0.39 is 22.2 Å². The maximum atomic E-state index is 13.0. The number of nitro groups is 1. The highest BCUT2D eigenvalue weighted by atomic mass is 19.2. The molecule has 0 aromatic heterocycles. The van der Waals surface area contributed by atoms with Crippen LogP contribution in [0.25, 0.3) is 6.08 Å². The van der Waals surface area contributed by atoms with Gasteiger partial charge in [-0.2, -0.15) is 0 Å². The van der Waals surface area contributed by atoms with Crippen LogP contribution in [0.2, 0.25) is 0 Å². The monoisotopic (exact) mass is 242 g/mol. The van der Waals surface area contributed by atoms with Gasteiger partial charge in [0.1, 0.15) is 0 Å². The van der Waals surface area contributed by atoms with Gasteiger partial charge in [0, 0.05) is 0 Å². The van der Waals surface area contributed by atoms with Crippen LogP contribution in [0.15, 0.2) is 18.2 Å². The quantitative estimate of drug-likeness (QED) is 0.490. The minimum Gasteiger partial charge on any atom is -0.319 e. The summed E-state index contributed by atoms with van der Waals surface area (Å²) in [5.41, 5.74) is -0.380. The number of benzene rings is 1. The zero-order valence-electron chi connectivity index (χ0n) is 9.24. The molecule has 17 heavy (non-hydrogen) atoms. The highest BCUT2D eigenvalue weighted by Gasteiger charge is 2.16. The van der Waals surface area contributed by atoms with E-state index in [1.54, 1.807) is 13.1 Å². The molecule has 1 N–H and O–H groups in total. The number of hydrogen-bond acceptors (Lipinski definition) is 3. The summed E-state index contributed by atoms with van der Waals surface area (Å²) in [5, 5.41) is 13.5. The van der Waals surface area contributed by atoms with Gasteiger partial charge in [-0.15, -0.1) is 0 Å². The molecular weight excluding hydrogens is 230 g/mol. The molecule has 0 heterocycles. The van der Waals surface area contributed by atoms with Crippen LogP contribution >= 0.6 is 0 Å². The standard InChI is InChI=1S/C11H12F2N2O2/c1-14-5-3-2-4-8-6-9(12)10(13)7-11(8)15(16)17/h2,4,6-7,14H,3,5H2,1H3. The fourth-order valence-electron chi connectivity index (χ4n) is 1.28. The minimum atomic E-state index is -1.22. The first kappa shape index (κ1) is 13.2. The zero-order chi connectivity index (χ0) is 12.8. The molecule has 1 aromatic carbocycles. The van der Waals surface area contributed by atoms with Crippen molar-refractivity contribution in [2.24, 2.45) is 0 Å². The Balaban J connectivity index is 3.00. The Kier molecular flexibility index (Phi) is 4.71. The van der Waals surface area contributed by atoms with Crippen LogP contribution in [0.3, 0.4) is 0 Å². The van der Waals surface area contributed by atoms with Gasteiger partial charge in [0.25, 0.3) is 5.69 Å². The second-order valence-corrected chi connectivity index (χ2v) is 3.38. The van der Waals surface area contributed by atoms with Gasteiger partial charge in [-0.1, -0.05) is 12.2 Å². The average molecular weight is 242 g/mol. The maximum Gasteiger partial charge on any atom is 0.279 e. The van der Waals surface area contributed by atoms with Crippen LogP contribution in [0.1, 0.15) is 12.0 Å². The summed E-state index contributed by atoms with van der Waals surface area (Å²) in [5.74, 6) is -2.31. The van der Waals surface area contributed by atoms with Gasteiger partial charge in [-0.05, 0) is 26.1 Å². The summed E-state index contributed by atoms with van der Waals surface area (Å²) in [7, 11) is 1.77. The normalized spacial score (nSPS) is 11.0. The first-order valence-electron chi connectivity index (χ1n) is 5.01. The highest BCUT2D eigenvalue weighted by molar-refractivity contribution is 5.61. The number of rotatable bonds is 5. The fraction of sp³-hybridized carbons (Fsp3) is 0.273. The van der Waals surface area contributed by atoms with Gasteiger partial charge in [-0.25, -0.2) is 8.78 Å². The van der Waals surface area contributed by atoms with Gasteiger partial charge >= 0.3 is 0 Å². The predicted molar refractivity (Wildman–Crippen MR) is 60.6 cm³/mol. The fourth-order valence-corrected chi connectivity index (χ4v) is 1.28. The molecule has 0 spiro atoms. The van der Waals surface area contributed by atoms with Crippen molar-refractivity contribution in [2.45, 2.75) is 6.42 Å².